The maximum Gasteiger partial charge on any atom is 0.472 e. The topological polar surface area (TPSA) is 237 Å². The first-order valence-electron chi connectivity index (χ1n) is 38.8. The summed E-state index contributed by atoms with van der Waals surface area (Å²) in [7, 11) is -9.91. The summed E-state index contributed by atoms with van der Waals surface area (Å²) in [5.74, 6) is 0.227. The van der Waals surface area contributed by atoms with Gasteiger partial charge in [0.25, 0.3) is 0 Å². The number of hydrogen-bond donors (Lipinski definition) is 3. The Morgan fingerprint density at radius 3 is 0.723 bits per heavy atom. The Bertz CT molecular complexity index is 1840. The second kappa shape index (κ2) is 65.7. The fraction of sp³-hybridized carbons (Fsp3) is 0.947. The van der Waals surface area contributed by atoms with Gasteiger partial charge < -0.3 is 33.8 Å². The van der Waals surface area contributed by atoms with E-state index in [4.69, 9.17) is 37.0 Å². The van der Waals surface area contributed by atoms with Crippen molar-refractivity contribution in [2.24, 2.45) is 17.8 Å². The Kier molecular flexibility index (Phi) is 64.3. The number of phosphoric acid groups is 2. The second-order valence-electron chi connectivity index (χ2n) is 28.5. The van der Waals surface area contributed by atoms with Crippen molar-refractivity contribution in [2.45, 2.75) is 401 Å². The van der Waals surface area contributed by atoms with Crippen LogP contribution in [0.3, 0.4) is 0 Å². The minimum atomic E-state index is -4.96. The van der Waals surface area contributed by atoms with Crippen molar-refractivity contribution < 1.29 is 80.2 Å². The van der Waals surface area contributed by atoms with Gasteiger partial charge in [0, 0.05) is 25.7 Å². The van der Waals surface area contributed by atoms with E-state index in [-0.39, 0.29) is 25.7 Å². The van der Waals surface area contributed by atoms with Crippen LogP contribution in [0.1, 0.15) is 382 Å². The summed E-state index contributed by atoms with van der Waals surface area (Å²) in [6.07, 6.45) is 51.4. The van der Waals surface area contributed by atoms with Crippen LogP contribution in [-0.4, -0.2) is 96.7 Å². The van der Waals surface area contributed by atoms with Crippen LogP contribution in [0.15, 0.2) is 0 Å². The lowest BCUT2D eigenvalue weighted by Crippen LogP contribution is -2.30. The molecular formula is C75H146O17P2. The van der Waals surface area contributed by atoms with Gasteiger partial charge in [0.15, 0.2) is 12.2 Å². The fourth-order valence-electron chi connectivity index (χ4n) is 11.4. The summed E-state index contributed by atoms with van der Waals surface area (Å²) in [4.78, 5) is 72.6. The molecule has 5 atom stereocenters. The van der Waals surface area contributed by atoms with E-state index in [1.807, 2.05) is 0 Å². The van der Waals surface area contributed by atoms with Gasteiger partial charge in [0.05, 0.1) is 26.4 Å². The van der Waals surface area contributed by atoms with Crippen LogP contribution in [0.4, 0.5) is 0 Å². The van der Waals surface area contributed by atoms with Crippen molar-refractivity contribution in [1.29, 1.82) is 0 Å². The number of aliphatic hydroxyl groups excluding tert-OH is 1. The Hall–Kier alpha value is -1.94. The predicted molar refractivity (Wildman–Crippen MR) is 381 cm³/mol. The molecule has 0 aromatic heterocycles. The number of rotatable bonds is 73. The molecule has 0 aliphatic carbocycles. The maximum atomic E-state index is 13.1. The monoisotopic (exact) mass is 1380 g/mol. The minimum Gasteiger partial charge on any atom is -0.462 e. The molecule has 2 unspecified atom stereocenters. The van der Waals surface area contributed by atoms with E-state index in [9.17, 15) is 43.2 Å². The third-order valence-corrected chi connectivity index (χ3v) is 19.3. The van der Waals surface area contributed by atoms with E-state index < -0.39 is 97.5 Å². The quantitative estimate of drug-likeness (QED) is 0.0222. The molecule has 17 nitrogen and oxygen atoms in total. The molecule has 19 heteroatoms. The Morgan fingerprint density at radius 2 is 0.489 bits per heavy atom. The molecule has 0 fully saturated rings. The first kappa shape index (κ1) is 92.1. The number of unbranched alkanes of at least 4 members (excludes halogenated alkanes) is 41. The molecule has 558 valence electrons. The summed E-state index contributed by atoms with van der Waals surface area (Å²) in [5.41, 5.74) is 0. The van der Waals surface area contributed by atoms with Gasteiger partial charge >= 0.3 is 39.5 Å². The number of carbonyl (C=O) groups excluding carboxylic acids is 4. The van der Waals surface area contributed by atoms with Crippen LogP contribution in [0, 0.1) is 17.8 Å². The summed E-state index contributed by atoms with van der Waals surface area (Å²) in [6, 6.07) is 0. The number of esters is 4. The minimum absolute atomic E-state index is 0.106. The molecule has 0 bridgehead atoms. The van der Waals surface area contributed by atoms with E-state index in [2.05, 4.69) is 48.5 Å². The van der Waals surface area contributed by atoms with E-state index in [1.165, 1.54) is 180 Å². The maximum absolute atomic E-state index is 13.1. The van der Waals surface area contributed by atoms with Gasteiger partial charge in [-0.1, -0.05) is 331 Å². The van der Waals surface area contributed by atoms with Crippen molar-refractivity contribution in [3.05, 3.63) is 0 Å². The highest BCUT2D eigenvalue weighted by atomic mass is 31.2. The third kappa shape index (κ3) is 68.6. The van der Waals surface area contributed by atoms with Gasteiger partial charge in [0.2, 0.25) is 0 Å². The summed E-state index contributed by atoms with van der Waals surface area (Å²) in [6.45, 7) is 11.9. The summed E-state index contributed by atoms with van der Waals surface area (Å²) >= 11 is 0. The molecule has 0 saturated heterocycles. The lowest BCUT2D eigenvalue weighted by molar-refractivity contribution is -0.161. The lowest BCUT2D eigenvalue weighted by Gasteiger charge is -2.21. The number of hydrogen-bond acceptors (Lipinski definition) is 15. The van der Waals surface area contributed by atoms with E-state index >= 15 is 0 Å². The van der Waals surface area contributed by atoms with Gasteiger partial charge in [0.1, 0.15) is 19.3 Å². The normalized spacial score (nSPS) is 14.1. The molecule has 0 radical (unpaired) electrons. The molecule has 0 saturated carbocycles. The Balaban J connectivity index is 5.20. The van der Waals surface area contributed by atoms with E-state index in [0.29, 0.717) is 25.7 Å². The standard InChI is InChI=1S/C75H146O17P2/c1-8-9-10-11-32-42-49-56-72(77)85-62-70(91-75(80)59-52-45-38-31-25-19-22-28-35-41-48-55-68(6)7)64-89-93(81,82)87-60-69(76)61-88-94(83,84)90-65-71(63-86-73(78)57-50-43-36-29-23-18-17-21-27-34-40-47-54-67(4)5)92-74(79)58-51-44-37-30-24-16-14-12-13-15-20-26-33-39-46-53-66(2)3/h66-71,76H,8-65H2,1-7H3,(H,81,82)(H,83,84)/t69-,70+,71+/m0/s1. The summed E-state index contributed by atoms with van der Waals surface area (Å²) in [5, 5.41) is 10.6. The zero-order valence-electron chi connectivity index (χ0n) is 61.4. The van der Waals surface area contributed by atoms with Gasteiger partial charge in [-0.05, 0) is 43.4 Å². The number of aliphatic hydroxyl groups is 1. The van der Waals surface area contributed by atoms with E-state index in [1.54, 1.807) is 0 Å². The highest BCUT2D eigenvalue weighted by molar-refractivity contribution is 7.47. The molecule has 0 aromatic carbocycles. The van der Waals surface area contributed by atoms with Crippen LogP contribution in [0.2, 0.25) is 0 Å². The van der Waals surface area contributed by atoms with Crippen LogP contribution < -0.4 is 0 Å². The average Bonchev–Trinajstić information content (AvgIpc) is 1.21. The van der Waals surface area contributed by atoms with Gasteiger partial charge in [-0.15, -0.1) is 0 Å². The first-order chi connectivity index (χ1) is 45.2. The summed E-state index contributed by atoms with van der Waals surface area (Å²) < 4.78 is 68.4. The average molecular weight is 1380 g/mol. The van der Waals surface area contributed by atoms with Crippen molar-refractivity contribution >= 4 is 39.5 Å². The molecule has 0 amide bonds. The highest BCUT2D eigenvalue weighted by Gasteiger charge is 2.30. The van der Waals surface area contributed by atoms with Gasteiger partial charge in [-0.2, -0.15) is 0 Å². The van der Waals surface area contributed by atoms with Crippen LogP contribution >= 0.6 is 15.6 Å². The molecule has 0 rings (SSSR count). The molecule has 94 heavy (non-hydrogen) atoms. The highest BCUT2D eigenvalue weighted by Crippen LogP contribution is 2.45. The molecular weight excluding hydrogens is 1230 g/mol. The van der Waals surface area contributed by atoms with Crippen molar-refractivity contribution in [3.63, 3.8) is 0 Å². The molecule has 0 heterocycles. The zero-order chi connectivity index (χ0) is 69.4. The largest absolute Gasteiger partial charge is 0.472 e. The Morgan fingerprint density at radius 1 is 0.287 bits per heavy atom. The fourth-order valence-corrected chi connectivity index (χ4v) is 13.0. The molecule has 0 aliphatic heterocycles. The van der Waals surface area contributed by atoms with Gasteiger partial charge in [-0.25, -0.2) is 9.13 Å². The van der Waals surface area contributed by atoms with Crippen LogP contribution in [0.25, 0.3) is 0 Å². The smallest absolute Gasteiger partial charge is 0.462 e. The number of ether oxygens (including phenoxy) is 4. The predicted octanol–water partition coefficient (Wildman–Crippen LogP) is 21.8. The molecule has 0 aliphatic rings. The lowest BCUT2D eigenvalue weighted by atomic mass is 10.0. The van der Waals surface area contributed by atoms with Gasteiger partial charge in [-0.3, -0.25) is 37.3 Å². The third-order valence-electron chi connectivity index (χ3n) is 17.4. The first-order valence-corrected chi connectivity index (χ1v) is 41.8. The number of phosphoric ester groups is 2. The van der Waals surface area contributed by atoms with Crippen LogP contribution in [0.5, 0.6) is 0 Å². The van der Waals surface area contributed by atoms with Crippen molar-refractivity contribution in [1.82, 2.24) is 0 Å². The molecule has 0 spiro atoms. The molecule has 3 N–H and O–H groups in total. The molecule has 0 aromatic rings. The van der Waals surface area contributed by atoms with Crippen molar-refractivity contribution in [2.75, 3.05) is 39.6 Å². The Labute approximate surface area is 575 Å². The second-order valence-corrected chi connectivity index (χ2v) is 31.4. The van der Waals surface area contributed by atoms with Crippen LogP contribution in [-0.2, 0) is 65.4 Å². The SMILES string of the molecule is CCCCCCCCCC(=O)OC[C@H](COP(=O)(O)OC[C@H](O)COP(=O)(O)OC[C@@H](COC(=O)CCCCCCCCCCCCCCC(C)C)OC(=O)CCCCCCCCCCCCCCCCCC(C)C)OC(=O)CCCCCCCCCCCCCC(C)C. The van der Waals surface area contributed by atoms with E-state index in [0.717, 1.165) is 120 Å². The number of carbonyl (C=O) groups is 4. The zero-order valence-corrected chi connectivity index (χ0v) is 63.2. The van der Waals surface area contributed by atoms with Crippen molar-refractivity contribution in [3.8, 4) is 0 Å².